The third kappa shape index (κ3) is 1.86. The molecule has 11 heavy (non-hydrogen) atoms. The topological polar surface area (TPSA) is 4.93 Å². The molecule has 1 heteroatoms. The van der Waals surface area contributed by atoms with E-state index in [0.29, 0.717) is 12.0 Å². The third-order valence-corrected chi connectivity index (χ3v) is 2.00. The van der Waals surface area contributed by atoms with E-state index in [2.05, 4.69) is 50.7 Å². The first-order valence-corrected chi connectivity index (χ1v) is 4.28. The predicted octanol–water partition coefficient (Wildman–Crippen LogP) is 3.19. The van der Waals surface area contributed by atoms with Gasteiger partial charge in [0.25, 0.3) is 0 Å². The first kappa shape index (κ1) is 8.38. The Morgan fingerprint density at radius 1 is 1.18 bits per heavy atom. The number of hydrogen-bond acceptors (Lipinski definition) is 0. The molecule has 0 bridgehead atoms. The van der Waals surface area contributed by atoms with E-state index >= 15 is 0 Å². The second-order valence-electron chi connectivity index (χ2n) is 3.64. The van der Waals surface area contributed by atoms with Crippen LogP contribution in [-0.2, 0) is 0 Å². The highest BCUT2D eigenvalue weighted by Crippen LogP contribution is 2.16. The summed E-state index contributed by atoms with van der Waals surface area (Å²) >= 11 is 0. The smallest absolute Gasteiger partial charge is 0.0274 e. The van der Waals surface area contributed by atoms with Crippen LogP contribution in [0.3, 0.4) is 0 Å². The minimum Gasteiger partial charge on any atom is -0.352 e. The Hall–Kier alpha value is -0.720. The summed E-state index contributed by atoms with van der Waals surface area (Å²) in [6, 6.07) is 2.78. The summed E-state index contributed by atoms with van der Waals surface area (Å²) in [7, 11) is 0. The van der Waals surface area contributed by atoms with Gasteiger partial charge in [-0.1, -0.05) is 13.8 Å². The predicted molar refractivity (Wildman–Crippen MR) is 48.9 cm³/mol. The van der Waals surface area contributed by atoms with Gasteiger partial charge in [0.05, 0.1) is 0 Å². The maximum Gasteiger partial charge on any atom is 0.0274 e. The molecule has 0 aliphatic carbocycles. The summed E-state index contributed by atoms with van der Waals surface area (Å²) in [6.45, 7) is 8.84. The highest BCUT2D eigenvalue weighted by Gasteiger charge is 2.02. The minimum atomic E-state index is 0.586. The molecule has 0 unspecified atom stereocenters. The van der Waals surface area contributed by atoms with E-state index < -0.39 is 0 Å². The summed E-state index contributed by atoms with van der Waals surface area (Å²) in [4.78, 5) is 0. The highest BCUT2D eigenvalue weighted by atomic mass is 15.0. The van der Waals surface area contributed by atoms with Crippen LogP contribution >= 0.6 is 0 Å². The molecule has 0 amide bonds. The zero-order valence-electron chi connectivity index (χ0n) is 7.83. The van der Waals surface area contributed by atoms with E-state index in [9.17, 15) is 0 Å². The van der Waals surface area contributed by atoms with Gasteiger partial charge in [-0.25, -0.2) is 0 Å². The first-order chi connectivity index (χ1) is 5.11. The summed E-state index contributed by atoms with van der Waals surface area (Å²) in [5.74, 6) is 0.648. The minimum absolute atomic E-state index is 0.586. The molecule has 1 nitrogen and oxygen atoms in total. The van der Waals surface area contributed by atoms with Crippen molar-refractivity contribution in [2.24, 2.45) is 0 Å². The highest BCUT2D eigenvalue weighted by molar-refractivity contribution is 5.14. The van der Waals surface area contributed by atoms with Gasteiger partial charge in [-0.05, 0) is 31.4 Å². The number of rotatable bonds is 2. The van der Waals surface area contributed by atoms with Crippen LogP contribution in [0.5, 0.6) is 0 Å². The van der Waals surface area contributed by atoms with Gasteiger partial charge in [0.15, 0.2) is 0 Å². The fourth-order valence-electron chi connectivity index (χ4n) is 1.09. The second-order valence-corrected chi connectivity index (χ2v) is 3.64. The molecule has 0 fully saturated rings. The maximum absolute atomic E-state index is 2.25. The van der Waals surface area contributed by atoms with Crippen molar-refractivity contribution in [3.8, 4) is 0 Å². The van der Waals surface area contributed by atoms with Gasteiger partial charge >= 0.3 is 0 Å². The monoisotopic (exact) mass is 151 g/mol. The third-order valence-electron chi connectivity index (χ3n) is 2.00. The van der Waals surface area contributed by atoms with Crippen LogP contribution in [-0.4, -0.2) is 4.57 Å². The molecule has 0 aromatic carbocycles. The molecular formula is C10H17N. The van der Waals surface area contributed by atoms with Crippen LogP contribution in [0.1, 0.15) is 45.2 Å². The van der Waals surface area contributed by atoms with Crippen LogP contribution in [0.2, 0.25) is 0 Å². The molecule has 0 saturated carbocycles. The lowest BCUT2D eigenvalue weighted by atomic mass is 10.1. The van der Waals surface area contributed by atoms with E-state index in [-0.39, 0.29) is 0 Å². The molecule has 0 aliphatic rings. The van der Waals surface area contributed by atoms with E-state index in [4.69, 9.17) is 0 Å². The standard InChI is InChI=1S/C10H17N/c1-8(2)10-5-6-11(7-10)9(3)4/h5-9H,1-4H3. The van der Waals surface area contributed by atoms with Crippen molar-refractivity contribution in [1.82, 2.24) is 4.57 Å². The number of hydrogen-bond donors (Lipinski definition) is 0. The van der Waals surface area contributed by atoms with Crippen molar-refractivity contribution in [3.05, 3.63) is 24.0 Å². The van der Waals surface area contributed by atoms with E-state index in [1.165, 1.54) is 5.56 Å². The van der Waals surface area contributed by atoms with Gasteiger partial charge in [0.2, 0.25) is 0 Å². The second kappa shape index (κ2) is 3.12. The summed E-state index contributed by atoms with van der Waals surface area (Å²) in [5.41, 5.74) is 1.43. The Balaban J connectivity index is 2.82. The molecular weight excluding hydrogens is 134 g/mol. The molecule has 0 atom stereocenters. The molecule has 0 saturated heterocycles. The zero-order valence-corrected chi connectivity index (χ0v) is 7.83. The van der Waals surface area contributed by atoms with Gasteiger partial charge in [-0.3, -0.25) is 0 Å². The van der Waals surface area contributed by atoms with Gasteiger partial charge < -0.3 is 4.57 Å². The lowest BCUT2D eigenvalue weighted by Crippen LogP contribution is -1.96. The normalized spacial score (nSPS) is 11.5. The molecule has 0 aliphatic heterocycles. The fourth-order valence-corrected chi connectivity index (χ4v) is 1.09. The molecule has 0 spiro atoms. The Bertz CT molecular complexity index is 198. The molecule has 1 rings (SSSR count). The van der Waals surface area contributed by atoms with Crippen LogP contribution in [0.25, 0.3) is 0 Å². The molecule has 0 radical (unpaired) electrons. The lowest BCUT2D eigenvalue weighted by Gasteiger charge is -2.06. The van der Waals surface area contributed by atoms with E-state index in [0.717, 1.165) is 0 Å². The van der Waals surface area contributed by atoms with Gasteiger partial charge in [0.1, 0.15) is 0 Å². The average molecular weight is 151 g/mol. The molecule has 62 valence electrons. The van der Waals surface area contributed by atoms with Gasteiger partial charge in [0, 0.05) is 18.4 Å². The van der Waals surface area contributed by atoms with Crippen molar-refractivity contribution in [3.63, 3.8) is 0 Å². The average Bonchev–Trinajstić information content (AvgIpc) is 2.33. The van der Waals surface area contributed by atoms with Gasteiger partial charge in [-0.15, -0.1) is 0 Å². The molecule has 1 aromatic rings. The van der Waals surface area contributed by atoms with E-state index in [1.54, 1.807) is 0 Å². The zero-order chi connectivity index (χ0) is 8.43. The maximum atomic E-state index is 2.25. The largest absolute Gasteiger partial charge is 0.352 e. The Morgan fingerprint density at radius 3 is 2.09 bits per heavy atom. The Morgan fingerprint density at radius 2 is 1.82 bits per heavy atom. The van der Waals surface area contributed by atoms with Crippen LogP contribution in [0.15, 0.2) is 18.5 Å². The van der Waals surface area contributed by atoms with Crippen molar-refractivity contribution in [2.45, 2.75) is 39.7 Å². The number of aromatic nitrogens is 1. The quantitative estimate of drug-likeness (QED) is 0.611. The Labute approximate surface area is 69.0 Å². The Kier molecular flexibility index (Phi) is 2.38. The number of nitrogens with zero attached hydrogens (tertiary/aromatic N) is 1. The summed E-state index contributed by atoms with van der Waals surface area (Å²) in [6.07, 6.45) is 4.38. The fraction of sp³-hybridized carbons (Fsp3) is 0.600. The van der Waals surface area contributed by atoms with Crippen LogP contribution in [0, 0.1) is 0 Å². The summed E-state index contributed by atoms with van der Waals surface area (Å²) in [5, 5.41) is 0. The molecule has 0 N–H and O–H groups in total. The SMILES string of the molecule is CC(C)c1ccn(C(C)C)c1. The molecule has 1 heterocycles. The van der Waals surface area contributed by atoms with Crippen molar-refractivity contribution >= 4 is 0 Å². The molecule has 1 aromatic heterocycles. The van der Waals surface area contributed by atoms with Gasteiger partial charge in [-0.2, -0.15) is 0 Å². The van der Waals surface area contributed by atoms with Crippen molar-refractivity contribution in [1.29, 1.82) is 0 Å². The van der Waals surface area contributed by atoms with E-state index in [1.807, 2.05) is 0 Å². The van der Waals surface area contributed by atoms with Crippen LogP contribution in [0.4, 0.5) is 0 Å². The van der Waals surface area contributed by atoms with Crippen LogP contribution < -0.4 is 0 Å². The van der Waals surface area contributed by atoms with Crippen molar-refractivity contribution in [2.75, 3.05) is 0 Å². The summed E-state index contributed by atoms with van der Waals surface area (Å²) < 4.78 is 2.25. The first-order valence-electron chi connectivity index (χ1n) is 4.28. The van der Waals surface area contributed by atoms with Crippen molar-refractivity contribution < 1.29 is 0 Å². The lowest BCUT2D eigenvalue weighted by molar-refractivity contribution is 0.601.